The van der Waals surface area contributed by atoms with Gasteiger partial charge in [-0.15, -0.1) is 11.8 Å². The summed E-state index contributed by atoms with van der Waals surface area (Å²) in [6, 6.07) is 16.1. The third kappa shape index (κ3) is 3.93. The van der Waals surface area contributed by atoms with Gasteiger partial charge in [-0.1, -0.05) is 42.8 Å². The molecule has 1 saturated heterocycles. The summed E-state index contributed by atoms with van der Waals surface area (Å²) in [5.41, 5.74) is 2.22. The number of ether oxygens (including phenoxy) is 2. The van der Waals surface area contributed by atoms with Crippen LogP contribution < -0.4 is 9.47 Å². The molecule has 1 atom stereocenters. The van der Waals surface area contributed by atoms with E-state index in [0.717, 1.165) is 47.8 Å². The van der Waals surface area contributed by atoms with E-state index in [0.29, 0.717) is 12.5 Å². The van der Waals surface area contributed by atoms with Gasteiger partial charge in [-0.3, -0.25) is 4.79 Å². The largest absolute Gasteiger partial charge is 0.493 e. The molecule has 1 aliphatic carbocycles. The Labute approximate surface area is 164 Å². The van der Waals surface area contributed by atoms with Crippen molar-refractivity contribution in [1.82, 2.24) is 4.90 Å². The maximum absolute atomic E-state index is 12.8. The first-order valence-corrected chi connectivity index (χ1v) is 10.6. The third-order valence-electron chi connectivity index (χ3n) is 5.34. The maximum Gasteiger partial charge on any atom is 0.226 e. The highest BCUT2D eigenvalue weighted by molar-refractivity contribution is 7.99. The third-order valence-corrected chi connectivity index (χ3v) is 6.60. The number of methoxy groups -OCH3 is 1. The monoisotopic (exact) mass is 383 g/mol. The van der Waals surface area contributed by atoms with Crippen LogP contribution in [0.5, 0.6) is 11.5 Å². The van der Waals surface area contributed by atoms with E-state index in [4.69, 9.17) is 9.47 Å². The van der Waals surface area contributed by atoms with Gasteiger partial charge in [0.1, 0.15) is 12.0 Å². The number of thioether (sulfide) groups is 1. The zero-order valence-electron chi connectivity index (χ0n) is 15.6. The fraction of sp³-hybridized carbons (Fsp3) is 0.409. The minimum atomic E-state index is 0.0723. The SMILES string of the molecule is COc1ccc([C@H]2SCCN2C(=O)C2CCC2)cc1OCc1ccccc1. The average molecular weight is 384 g/mol. The molecule has 1 amide bonds. The van der Waals surface area contributed by atoms with Gasteiger partial charge < -0.3 is 14.4 Å². The Morgan fingerprint density at radius 2 is 1.96 bits per heavy atom. The minimum Gasteiger partial charge on any atom is -0.493 e. The van der Waals surface area contributed by atoms with Gasteiger partial charge in [0, 0.05) is 18.2 Å². The van der Waals surface area contributed by atoms with Crippen LogP contribution in [0.4, 0.5) is 0 Å². The number of hydrogen-bond donors (Lipinski definition) is 0. The first-order chi connectivity index (χ1) is 13.3. The van der Waals surface area contributed by atoms with Crippen LogP contribution in [-0.2, 0) is 11.4 Å². The van der Waals surface area contributed by atoms with Gasteiger partial charge >= 0.3 is 0 Å². The number of benzene rings is 2. The van der Waals surface area contributed by atoms with Crippen LogP contribution in [0.1, 0.15) is 35.8 Å². The minimum absolute atomic E-state index is 0.0723. The molecule has 1 aliphatic heterocycles. The Bertz CT molecular complexity index is 791. The first kappa shape index (κ1) is 18.2. The molecule has 4 nitrogen and oxygen atoms in total. The molecule has 0 bridgehead atoms. The molecule has 4 rings (SSSR count). The van der Waals surface area contributed by atoms with Gasteiger partial charge in [-0.05, 0) is 36.1 Å². The molecule has 27 heavy (non-hydrogen) atoms. The molecule has 1 heterocycles. The molecule has 0 radical (unpaired) electrons. The Morgan fingerprint density at radius 1 is 1.15 bits per heavy atom. The van der Waals surface area contributed by atoms with Crippen LogP contribution in [-0.4, -0.2) is 30.2 Å². The summed E-state index contributed by atoms with van der Waals surface area (Å²) in [4.78, 5) is 14.8. The van der Waals surface area contributed by atoms with Crippen molar-refractivity contribution in [2.24, 2.45) is 5.92 Å². The lowest BCUT2D eigenvalue weighted by atomic mass is 9.84. The smallest absolute Gasteiger partial charge is 0.226 e. The molecule has 2 fully saturated rings. The second-order valence-corrected chi connectivity index (χ2v) is 8.26. The predicted octanol–water partition coefficient (Wildman–Crippen LogP) is 4.65. The van der Waals surface area contributed by atoms with Crippen LogP contribution >= 0.6 is 11.8 Å². The number of carbonyl (C=O) groups is 1. The van der Waals surface area contributed by atoms with Crippen LogP contribution in [0.15, 0.2) is 48.5 Å². The van der Waals surface area contributed by atoms with Gasteiger partial charge in [0.15, 0.2) is 11.5 Å². The molecular formula is C22H25NO3S. The van der Waals surface area contributed by atoms with Crippen molar-refractivity contribution < 1.29 is 14.3 Å². The molecule has 0 spiro atoms. The average Bonchev–Trinajstić information content (AvgIpc) is 3.15. The predicted molar refractivity (Wildman–Crippen MR) is 108 cm³/mol. The summed E-state index contributed by atoms with van der Waals surface area (Å²) in [5.74, 6) is 2.98. The van der Waals surface area contributed by atoms with Crippen LogP contribution in [0.3, 0.4) is 0 Å². The van der Waals surface area contributed by atoms with E-state index in [9.17, 15) is 4.79 Å². The number of hydrogen-bond acceptors (Lipinski definition) is 4. The highest BCUT2D eigenvalue weighted by Crippen LogP contribution is 2.43. The van der Waals surface area contributed by atoms with E-state index < -0.39 is 0 Å². The van der Waals surface area contributed by atoms with Gasteiger partial charge in [0.25, 0.3) is 0 Å². The molecule has 5 heteroatoms. The number of nitrogens with zero attached hydrogens (tertiary/aromatic N) is 1. The lowest BCUT2D eigenvalue weighted by molar-refractivity contribution is -0.138. The number of carbonyl (C=O) groups excluding carboxylic acids is 1. The Morgan fingerprint density at radius 3 is 2.67 bits per heavy atom. The van der Waals surface area contributed by atoms with Gasteiger partial charge in [0.05, 0.1) is 7.11 Å². The van der Waals surface area contributed by atoms with Crippen molar-refractivity contribution in [3.63, 3.8) is 0 Å². The standard InChI is InChI=1S/C22H25NO3S/c1-25-19-11-10-18(14-20(19)26-15-16-6-3-2-4-7-16)22-23(12-13-27-22)21(24)17-8-5-9-17/h2-4,6-7,10-11,14,17,22H,5,8-9,12-13,15H2,1H3/t22-/m1/s1. The van der Waals surface area contributed by atoms with E-state index in [-0.39, 0.29) is 11.3 Å². The molecule has 0 unspecified atom stereocenters. The van der Waals surface area contributed by atoms with Crippen LogP contribution in [0.2, 0.25) is 0 Å². The Kier molecular flexibility index (Phi) is 5.58. The summed E-state index contributed by atoms with van der Waals surface area (Å²) < 4.78 is 11.5. The van der Waals surface area contributed by atoms with Crippen LogP contribution in [0.25, 0.3) is 0 Å². The molecule has 2 aliphatic rings. The number of amides is 1. The second-order valence-electron chi connectivity index (χ2n) is 7.07. The molecule has 142 valence electrons. The first-order valence-electron chi connectivity index (χ1n) is 9.53. The molecular weight excluding hydrogens is 358 g/mol. The van der Waals surface area contributed by atoms with E-state index in [2.05, 4.69) is 11.0 Å². The van der Waals surface area contributed by atoms with Crippen molar-refractivity contribution in [3.8, 4) is 11.5 Å². The quantitative estimate of drug-likeness (QED) is 0.728. The lowest BCUT2D eigenvalue weighted by Crippen LogP contribution is -2.38. The van der Waals surface area contributed by atoms with E-state index in [1.165, 1.54) is 6.42 Å². The number of rotatable bonds is 6. The normalized spacial score (nSPS) is 19.6. The summed E-state index contributed by atoms with van der Waals surface area (Å²) in [5, 5.41) is 0.0723. The van der Waals surface area contributed by atoms with Crippen molar-refractivity contribution in [2.75, 3.05) is 19.4 Å². The fourth-order valence-electron chi connectivity index (χ4n) is 3.56. The molecule has 0 aromatic heterocycles. The summed E-state index contributed by atoms with van der Waals surface area (Å²) in [6.45, 7) is 1.32. The van der Waals surface area contributed by atoms with Crippen molar-refractivity contribution in [2.45, 2.75) is 31.2 Å². The lowest BCUT2D eigenvalue weighted by Gasteiger charge is -2.32. The van der Waals surface area contributed by atoms with Gasteiger partial charge in [-0.25, -0.2) is 0 Å². The highest BCUT2D eigenvalue weighted by atomic mass is 32.2. The molecule has 2 aromatic carbocycles. The topological polar surface area (TPSA) is 38.8 Å². The summed E-state index contributed by atoms with van der Waals surface area (Å²) >= 11 is 1.83. The molecule has 1 saturated carbocycles. The maximum atomic E-state index is 12.8. The van der Waals surface area contributed by atoms with Crippen molar-refractivity contribution >= 4 is 17.7 Å². The van der Waals surface area contributed by atoms with E-state index in [1.807, 2.05) is 54.2 Å². The fourth-order valence-corrected chi connectivity index (χ4v) is 4.81. The van der Waals surface area contributed by atoms with E-state index >= 15 is 0 Å². The van der Waals surface area contributed by atoms with Crippen molar-refractivity contribution in [1.29, 1.82) is 0 Å². The Hall–Kier alpha value is -2.14. The van der Waals surface area contributed by atoms with Crippen LogP contribution in [0, 0.1) is 5.92 Å². The highest BCUT2D eigenvalue weighted by Gasteiger charge is 2.36. The zero-order chi connectivity index (χ0) is 18.6. The zero-order valence-corrected chi connectivity index (χ0v) is 16.4. The van der Waals surface area contributed by atoms with Crippen molar-refractivity contribution in [3.05, 3.63) is 59.7 Å². The Balaban J connectivity index is 1.53. The van der Waals surface area contributed by atoms with Gasteiger partial charge in [0.2, 0.25) is 5.91 Å². The summed E-state index contributed by atoms with van der Waals surface area (Å²) in [6.07, 6.45) is 3.27. The van der Waals surface area contributed by atoms with E-state index in [1.54, 1.807) is 7.11 Å². The second kappa shape index (κ2) is 8.26. The summed E-state index contributed by atoms with van der Waals surface area (Å²) in [7, 11) is 1.65. The molecule has 0 N–H and O–H groups in total. The van der Waals surface area contributed by atoms with Gasteiger partial charge in [-0.2, -0.15) is 0 Å². The molecule has 2 aromatic rings.